The van der Waals surface area contributed by atoms with Crippen LogP contribution in [0.1, 0.15) is 32.6 Å². The third-order valence-corrected chi connectivity index (χ3v) is 3.05. The first-order valence-corrected chi connectivity index (χ1v) is 5.85. The molecule has 1 saturated heterocycles. The van der Waals surface area contributed by atoms with Crippen LogP contribution in [0.15, 0.2) is 0 Å². The van der Waals surface area contributed by atoms with Gasteiger partial charge in [0.15, 0.2) is 0 Å². The summed E-state index contributed by atoms with van der Waals surface area (Å²) < 4.78 is 11.2. The lowest BCUT2D eigenvalue weighted by molar-refractivity contribution is -0.0650. The molecule has 0 spiro atoms. The molecule has 3 nitrogen and oxygen atoms in total. The predicted octanol–water partition coefficient (Wildman–Crippen LogP) is 1.32. The van der Waals surface area contributed by atoms with Gasteiger partial charge in [0.05, 0.1) is 18.8 Å². The molecule has 0 aromatic heterocycles. The average molecular weight is 199 g/mol. The standard InChI is InChI=1S/C11H21NO2/c1-2-4-12-9-6-11(7-9)14-10-3-5-13-8-10/h9-12H,2-8H2,1H3. The van der Waals surface area contributed by atoms with E-state index in [-0.39, 0.29) is 0 Å². The SMILES string of the molecule is CCCNC1CC(OC2CCOC2)C1. The van der Waals surface area contributed by atoms with Crippen LogP contribution in [-0.4, -0.2) is 38.0 Å². The van der Waals surface area contributed by atoms with Crippen LogP contribution in [0.2, 0.25) is 0 Å². The highest BCUT2D eigenvalue weighted by Crippen LogP contribution is 2.26. The Morgan fingerprint density at radius 3 is 2.86 bits per heavy atom. The third kappa shape index (κ3) is 2.69. The Bertz CT molecular complexity index is 163. The maximum Gasteiger partial charge on any atom is 0.0834 e. The highest BCUT2D eigenvalue weighted by atomic mass is 16.6. The van der Waals surface area contributed by atoms with Crippen LogP contribution >= 0.6 is 0 Å². The summed E-state index contributed by atoms with van der Waals surface area (Å²) in [5.41, 5.74) is 0. The largest absolute Gasteiger partial charge is 0.379 e. The fourth-order valence-electron chi connectivity index (χ4n) is 2.08. The van der Waals surface area contributed by atoms with Crippen LogP contribution in [0.4, 0.5) is 0 Å². The van der Waals surface area contributed by atoms with Crippen molar-refractivity contribution >= 4 is 0 Å². The monoisotopic (exact) mass is 199 g/mol. The molecule has 0 radical (unpaired) electrons. The van der Waals surface area contributed by atoms with Gasteiger partial charge in [0, 0.05) is 12.6 Å². The first-order chi connectivity index (χ1) is 6.88. The van der Waals surface area contributed by atoms with E-state index in [1.165, 1.54) is 19.3 Å². The maximum atomic E-state index is 5.89. The van der Waals surface area contributed by atoms with E-state index in [2.05, 4.69) is 12.2 Å². The fraction of sp³-hybridized carbons (Fsp3) is 1.00. The summed E-state index contributed by atoms with van der Waals surface area (Å²) in [4.78, 5) is 0. The molecule has 2 fully saturated rings. The van der Waals surface area contributed by atoms with E-state index in [4.69, 9.17) is 9.47 Å². The fourth-order valence-corrected chi connectivity index (χ4v) is 2.08. The highest BCUT2D eigenvalue weighted by molar-refractivity contribution is 4.87. The summed E-state index contributed by atoms with van der Waals surface area (Å²) in [6.07, 6.45) is 5.57. The van der Waals surface area contributed by atoms with Crippen molar-refractivity contribution in [2.45, 2.75) is 50.9 Å². The third-order valence-electron chi connectivity index (χ3n) is 3.05. The smallest absolute Gasteiger partial charge is 0.0834 e. The van der Waals surface area contributed by atoms with Gasteiger partial charge in [-0.3, -0.25) is 0 Å². The Morgan fingerprint density at radius 1 is 1.36 bits per heavy atom. The molecule has 2 aliphatic rings. The van der Waals surface area contributed by atoms with Crippen molar-refractivity contribution < 1.29 is 9.47 Å². The van der Waals surface area contributed by atoms with Crippen LogP contribution < -0.4 is 5.32 Å². The summed E-state index contributed by atoms with van der Waals surface area (Å²) >= 11 is 0. The molecule has 0 aromatic carbocycles. The quantitative estimate of drug-likeness (QED) is 0.724. The van der Waals surface area contributed by atoms with Crippen LogP contribution in [0.25, 0.3) is 0 Å². The van der Waals surface area contributed by atoms with Crippen LogP contribution in [-0.2, 0) is 9.47 Å². The molecule has 82 valence electrons. The maximum absolute atomic E-state index is 5.89. The molecular formula is C11H21NO2. The van der Waals surface area contributed by atoms with Crippen molar-refractivity contribution in [3.05, 3.63) is 0 Å². The Morgan fingerprint density at radius 2 is 2.21 bits per heavy atom. The lowest BCUT2D eigenvalue weighted by Gasteiger charge is -2.37. The van der Waals surface area contributed by atoms with Gasteiger partial charge in [-0.2, -0.15) is 0 Å². The summed E-state index contributed by atoms with van der Waals surface area (Å²) in [7, 11) is 0. The second-order valence-corrected chi connectivity index (χ2v) is 4.37. The molecule has 1 atom stereocenters. The van der Waals surface area contributed by atoms with Crippen LogP contribution in [0.5, 0.6) is 0 Å². The summed E-state index contributed by atoms with van der Waals surface area (Å²) in [6.45, 7) is 5.04. The van der Waals surface area contributed by atoms with Gasteiger partial charge in [-0.25, -0.2) is 0 Å². The van der Waals surface area contributed by atoms with Crippen molar-refractivity contribution in [3.8, 4) is 0 Å². The molecule has 0 amide bonds. The number of hydrogen-bond donors (Lipinski definition) is 1. The van der Waals surface area contributed by atoms with E-state index >= 15 is 0 Å². The minimum absolute atomic E-state index is 0.382. The second kappa shape index (κ2) is 5.10. The molecule has 1 unspecified atom stereocenters. The molecule has 0 bridgehead atoms. The Balaban J connectivity index is 1.54. The van der Waals surface area contributed by atoms with E-state index < -0.39 is 0 Å². The molecule has 2 rings (SSSR count). The van der Waals surface area contributed by atoms with E-state index in [1.54, 1.807) is 0 Å². The van der Waals surface area contributed by atoms with Gasteiger partial charge in [0.2, 0.25) is 0 Å². The Hall–Kier alpha value is -0.120. The molecule has 1 saturated carbocycles. The van der Waals surface area contributed by atoms with E-state index in [0.717, 1.165) is 26.2 Å². The zero-order valence-corrected chi connectivity index (χ0v) is 9.00. The molecule has 1 aliphatic carbocycles. The minimum atomic E-state index is 0.382. The number of ether oxygens (including phenoxy) is 2. The van der Waals surface area contributed by atoms with Gasteiger partial charge in [0.25, 0.3) is 0 Å². The first kappa shape index (κ1) is 10.4. The summed E-state index contributed by atoms with van der Waals surface area (Å²) in [5.74, 6) is 0. The summed E-state index contributed by atoms with van der Waals surface area (Å²) in [5, 5.41) is 3.51. The van der Waals surface area contributed by atoms with E-state index in [1.807, 2.05) is 0 Å². The topological polar surface area (TPSA) is 30.5 Å². The molecule has 0 aromatic rings. The number of nitrogens with one attached hydrogen (secondary N) is 1. The Labute approximate surface area is 86.2 Å². The average Bonchev–Trinajstić information content (AvgIpc) is 2.61. The van der Waals surface area contributed by atoms with Gasteiger partial charge >= 0.3 is 0 Å². The van der Waals surface area contributed by atoms with Crippen LogP contribution in [0, 0.1) is 0 Å². The Kier molecular flexibility index (Phi) is 3.79. The van der Waals surface area contributed by atoms with Gasteiger partial charge in [-0.1, -0.05) is 6.92 Å². The normalized spacial score (nSPS) is 37.1. The molecule has 3 heteroatoms. The zero-order valence-electron chi connectivity index (χ0n) is 9.00. The van der Waals surface area contributed by atoms with Crippen molar-refractivity contribution in [1.82, 2.24) is 5.32 Å². The predicted molar refractivity (Wildman–Crippen MR) is 55.4 cm³/mol. The van der Waals surface area contributed by atoms with E-state index in [0.29, 0.717) is 18.2 Å². The molecule has 1 heterocycles. The van der Waals surface area contributed by atoms with Gasteiger partial charge in [0.1, 0.15) is 0 Å². The highest BCUT2D eigenvalue weighted by Gasteiger charge is 2.32. The number of hydrogen-bond acceptors (Lipinski definition) is 3. The summed E-state index contributed by atoms with van der Waals surface area (Å²) in [6, 6.07) is 0.710. The van der Waals surface area contributed by atoms with Gasteiger partial charge < -0.3 is 14.8 Å². The molecule has 14 heavy (non-hydrogen) atoms. The van der Waals surface area contributed by atoms with Crippen molar-refractivity contribution in [2.24, 2.45) is 0 Å². The zero-order chi connectivity index (χ0) is 9.80. The van der Waals surface area contributed by atoms with Gasteiger partial charge in [-0.15, -0.1) is 0 Å². The molecule has 1 N–H and O–H groups in total. The molecular weight excluding hydrogens is 178 g/mol. The number of rotatable bonds is 5. The van der Waals surface area contributed by atoms with Crippen molar-refractivity contribution in [2.75, 3.05) is 19.8 Å². The second-order valence-electron chi connectivity index (χ2n) is 4.37. The minimum Gasteiger partial charge on any atom is -0.379 e. The van der Waals surface area contributed by atoms with Gasteiger partial charge in [-0.05, 0) is 32.2 Å². The van der Waals surface area contributed by atoms with Crippen molar-refractivity contribution in [3.63, 3.8) is 0 Å². The molecule has 1 aliphatic heterocycles. The van der Waals surface area contributed by atoms with Crippen LogP contribution in [0.3, 0.4) is 0 Å². The lowest BCUT2D eigenvalue weighted by atomic mass is 9.89. The van der Waals surface area contributed by atoms with Crippen molar-refractivity contribution in [1.29, 1.82) is 0 Å². The first-order valence-electron chi connectivity index (χ1n) is 5.85. The van der Waals surface area contributed by atoms with E-state index in [9.17, 15) is 0 Å². The lowest BCUT2D eigenvalue weighted by Crippen LogP contribution is -2.46.